The van der Waals surface area contributed by atoms with E-state index in [0.29, 0.717) is 5.75 Å². The molecule has 5 heteroatoms. The molecule has 0 unspecified atom stereocenters. The second kappa shape index (κ2) is 7.09. The lowest BCUT2D eigenvalue weighted by molar-refractivity contribution is -0.116. The molecule has 0 saturated carbocycles. The van der Waals surface area contributed by atoms with Crippen molar-refractivity contribution >= 4 is 35.0 Å². The molecular weight excluding hydrogens is 320 g/mol. The third kappa shape index (κ3) is 3.62. The summed E-state index contributed by atoms with van der Waals surface area (Å²) >= 11 is 1.52. The average molecular weight is 340 g/mol. The number of fused-ring (bicyclic) bond motifs is 1. The Kier molecular flexibility index (Phi) is 4.90. The van der Waals surface area contributed by atoms with Crippen LogP contribution in [-0.2, 0) is 16.0 Å². The molecule has 24 heavy (non-hydrogen) atoms. The first-order valence-corrected chi connectivity index (χ1v) is 8.93. The highest BCUT2D eigenvalue weighted by atomic mass is 32.2. The van der Waals surface area contributed by atoms with Gasteiger partial charge in [-0.15, -0.1) is 11.8 Å². The average Bonchev–Trinajstić information content (AvgIpc) is 2.89. The van der Waals surface area contributed by atoms with Crippen LogP contribution in [0, 0.1) is 0 Å². The topological polar surface area (TPSA) is 49.4 Å². The summed E-state index contributed by atoms with van der Waals surface area (Å²) in [6.07, 6.45) is 0.915. The van der Waals surface area contributed by atoms with E-state index in [1.54, 1.807) is 0 Å². The summed E-state index contributed by atoms with van der Waals surface area (Å²) in [6, 6.07) is 15.9. The third-order valence-electron chi connectivity index (χ3n) is 4.01. The first-order chi connectivity index (χ1) is 11.5. The Balaban J connectivity index is 1.62. The zero-order valence-corrected chi connectivity index (χ0v) is 14.6. The molecule has 1 aliphatic rings. The van der Waals surface area contributed by atoms with Crippen LogP contribution in [0.4, 0.5) is 11.4 Å². The molecule has 2 aromatic rings. The van der Waals surface area contributed by atoms with Crippen molar-refractivity contribution in [2.24, 2.45) is 0 Å². The fourth-order valence-corrected chi connectivity index (χ4v) is 3.76. The summed E-state index contributed by atoms with van der Waals surface area (Å²) in [5.74, 6) is 0.439. The molecule has 0 saturated heterocycles. The Labute approximate surface area is 146 Å². The normalized spacial score (nSPS) is 15.9. The Bertz CT molecular complexity index is 758. The highest BCUT2D eigenvalue weighted by molar-refractivity contribution is 8.00. The van der Waals surface area contributed by atoms with E-state index >= 15 is 0 Å². The van der Waals surface area contributed by atoms with Gasteiger partial charge in [0, 0.05) is 29.2 Å². The predicted molar refractivity (Wildman–Crippen MR) is 98.6 cm³/mol. The van der Waals surface area contributed by atoms with Gasteiger partial charge in [-0.25, -0.2) is 0 Å². The molecule has 0 radical (unpaired) electrons. The number of carbonyl (C=O) groups is 2. The van der Waals surface area contributed by atoms with Crippen molar-refractivity contribution in [1.82, 2.24) is 0 Å². The Morgan fingerprint density at radius 1 is 1.17 bits per heavy atom. The molecule has 0 aromatic heterocycles. The van der Waals surface area contributed by atoms with E-state index < -0.39 is 0 Å². The molecule has 0 fully saturated rings. The molecule has 2 amide bonds. The van der Waals surface area contributed by atoms with Gasteiger partial charge in [-0.05, 0) is 49.2 Å². The summed E-state index contributed by atoms with van der Waals surface area (Å²) in [4.78, 5) is 26.6. The van der Waals surface area contributed by atoms with Gasteiger partial charge in [-0.1, -0.05) is 18.2 Å². The smallest absolute Gasteiger partial charge is 0.237 e. The number of thioether (sulfide) groups is 1. The lowest BCUT2D eigenvalue weighted by Crippen LogP contribution is -2.36. The largest absolute Gasteiger partial charge is 0.326 e. The fourth-order valence-electron chi connectivity index (χ4n) is 3.00. The van der Waals surface area contributed by atoms with Gasteiger partial charge in [-0.2, -0.15) is 0 Å². The maximum atomic E-state index is 12.7. The van der Waals surface area contributed by atoms with Crippen molar-refractivity contribution in [3.05, 3.63) is 54.1 Å². The minimum absolute atomic E-state index is 0.0905. The quantitative estimate of drug-likeness (QED) is 0.863. The molecule has 0 aliphatic carbocycles. The summed E-state index contributed by atoms with van der Waals surface area (Å²) in [5.41, 5.74) is 3.04. The minimum Gasteiger partial charge on any atom is -0.326 e. The number of nitrogens with zero attached hydrogens (tertiary/aromatic N) is 1. The zero-order valence-electron chi connectivity index (χ0n) is 13.8. The van der Waals surface area contributed by atoms with Gasteiger partial charge in [0.2, 0.25) is 11.8 Å². The van der Waals surface area contributed by atoms with Gasteiger partial charge >= 0.3 is 0 Å². The first kappa shape index (κ1) is 16.6. The molecule has 0 spiro atoms. The predicted octanol–water partition coefficient (Wildman–Crippen LogP) is 3.71. The SMILES string of the molecule is CC(=O)Nc1ccc(SCC(=O)N2c3ccccc3C[C@H]2C)cc1. The molecular formula is C19H20N2O2S. The Morgan fingerprint density at radius 3 is 2.58 bits per heavy atom. The fraction of sp³-hybridized carbons (Fsp3) is 0.263. The highest BCUT2D eigenvalue weighted by Crippen LogP contribution is 2.32. The van der Waals surface area contributed by atoms with E-state index in [9.17, 15) is 9.59 Å². The second-order valence-electron chi connectivity index (χ2n) is 5.94. The lowest BCUT2D eigenvalue weighted by Gasteiger charge is -2.22. The summed E-state index contributed by atoms with van der Waals surface area (Å²) < 4.78 is 0. The van der Waals surface area contributed by atoms with Crippen molar-refractivity contribution in [2.75, 3.05) is 16.0 Å². The molecule has 2 aromatic carbocycles. The van der Waals surface area contributed by atoms with Crippen molar-refractivity contribution in [3.63, 3.8) is 0 Å². The number of hydrogen-bond donors (Lipinski definition) is 1. The van der Waals surface area contributed by atoms with E-state index in [1.165, 1.54) is 24.2 Å². The minimum atomic E-state index is -0.0905. The van der Waals surface area contributed by atoms with Gasteiger partial charge in [0.1, 0.15) is 0 Å². The number of para-hydroxylation sites is 1. The summed E-state index contributed by atoms with van der Waals surface area (Å²) in [5, 5.41) is 2.74. The van der Waals surface area contributed by atoms with Crippen molar-refractivity contribution < 1.29 is 9.59 Å². The van der Waals surface area contributed by atoms with Gasteiger partial charge in [0.15, 0.2) is 0 Å². The summed E-state index contributed by atoms with van der Waals surface area (Å²) in [7, 11) is 0. The maximum absolute atomic E-state index is 12.7. The van der Waals surface area contributed by atoms with Crippen LogP contribution < -0.4 is 10.2 Å². The van der Waals surface area contributed by atoms with Crippen molar-refractivity contribution in [3.8, 4) is 0 Å². The number of benzene rings is 2. The van der Waals surface area contributed by atoms with Crippen LogP contribution in [0.15, 0.2) is 53.4 Å². The zero-order chi connectivity index (χ0) is 17.1. The first-order valence-electron chi connectivity index (χ1n) is 7.95. The van der Waals surface area contributed by atoms with Crippen LogP contribution >= 0.6 is 11.8 Å². The van der Waals surface area contributed by atoms with Crippen LogP contribution in [0.5, 0.6) is 0 Å². The molecule has 3 rings (SSSR count). The maximum Gasteiger partial charge on any atom is 0.237 e. The molecule has 1 aliphatic heterocycles. The highest BCUT2D eigenvalue weighted by Gasteiger charge is 2.30. The Morgan fingerprint density at radius 2 is 1.88 bits per heavy atom. The number of rotatable bonds is 4. The third-order valence-corrected chi connectivity index (χ3v) is 5.01. The van der Waals surface area contributed by atoms with Crippen LogP contribution in [0.2, 0.25) is 0 Å². The molecule has 1 atom stereocenters. The van der Waals surface area contributed by atoms with Crippen LogP contribution in [0.1, 0.15) is 19.4 Å². The molecule has 4 nitrogen and oxygen atoms in total. The van der Waals surface area contributed by atoms with Gasteiger partial charge in [0.25, 0.3) is 0 Å². The van der Waals surface area contributed by atoms with Gasteiger partial charge in [0.05, 0.1) is 5.75 Å². The molecule has 0 bridgehead atoms. The van der Waals surface area contributed by atoms with Crippen LogP contribution in [0.25, 0.3) is 0 Å². The van der Waals surface area contributed by atoms with Gasteiger partial charge < -0.3 is 10.2 Å². The van der Waals surface area contributed by atoms with Crippen LogP contribution in [0.3, 0.4) is 0 Å². The van der Waals surface area contributed by atoms with E-state index in [1.807, 2.05) is 47.4 Å². The summed E-state index contributed by atoms with van der Waals surface area (Å²) in [6.45, 7) is 3.57. The monoisotopic (exact) mass is 340 g/mol. The molecule has 1 heterocycles. The number of amides is 2. The molecule has 124 valence electrons. The van der Waals surface area contributed by atoms with E-state index in [-0.39, 0.29) is 17.9 Å². The van der Waals surface area contributed by atoms with Crippen molar-refractivity contribution in [2.45, 2.75) is 31.2 Å². The second-order valence-corrected chi connectivity index (χ2v) is 6.99. The van der Waals surface area contributed by atoms with E-state index in [4.69, 9.17) is 0 Å². The van der Waals surface area contributed by atoms with Crippen LogP contribution in [-0.4, -0.2) is 23.6 Å². The Hall–Kier alpha value is -2.27. The van der Waals surface area contributed by atoms with Crippen molar-refractivity contribution in [1.29, 1.82) is 0 Å². The standard InChI is InChI=1S/C19H20N2O2S/c1-13-11-15-5-3-4-6-18(15)21(13)19(23)12-24-17-9-7-16(8-10-17)20-14(2)22/h3-10,13H,11-12H2,1-2H3,(H,20,22)/t13-/m1/s1. The molecule has 1 N–H and O–H groups in total. The van der Waals surface area contributed by atoms with E-state index in [2.05, 4.69) is 18.3 Å². The number of carbonyl (C=O) groups excluding carboxylic acids is 2. The number of nitrogens with one attached hydrogen (secondary N) is 1. The number of hydrogen-bond acceptors (Lipinski definition) is 3. The number of anilines is 2. The van der Waals surface area contributed by atoms with Gasteiger partial charge in [-0.3, -0.25) is 9.59 Å². The van der Waals surface area contributed by atoms with E-state index in [0.717, 1.165) is 22.7 Å². The lowest BCUT2D eigenvalue weighted by atomic mass is 10.1.